The van der Waals surface area contributed by atoms with E-state index in [1.54, 1.807) is 0 Å². The van der Waals surface area contributed by atoms with Gasteiger partial charge in [-0.1, -0.05) is 0 Å². The van der Waals surface area contributed by atoms with E-state index in [-0.39, 0.29) is 0 Å². The number of rotatable bonds is 2. The van der Waals surface area contributed by atoms with Crippen LogP contribution in [0.4, 0.5) is 0 Å². The molecule has 0 aliphatic carbocycles. The third-order valence-corrected chi connectivity index (χ3v) is 3.33. The summed E-state index contributed by atoms with van der Waals surface area (Å²) >= 11 is 1.35. The van der Waals surface area contributed by atoms with Gasteiger partial charge in [-0.05, 0) is 0 Å². The van der Waals surface area contributed by atoms with Crippen molar-refractivity contribution in [3.63, 3.8) is 0 Å². The van der Waals surface area contributed by atoms with Crippen LogP contribution in [-0.2, 0) is 0 Å². The van der Waals surface area contributed by atoms with Gasteiger partial charge in [-0.3, -0.25) is 0 Å². The van der Waals surface area contributed by atoms with Gasteiger partial charge in [0.1, 0.15) is 0 Å². The molecule has 0 fully saturated rings. The summed E-state index contributed by atoms with van der Waals surface area (Å²) in [6, 6.07) is 0. The van der Waals surface area contributed by atoms with Crippen LogP contribution in [0.3, 0.4) is 0 Å². The van der Waals surface area contributed by atoms with Crippen LogP contribution in [0.2, 0.25) is 2.66 Å². The predicted molar refractivity (Wildman–Crippen MR) is 34.7 cm³/mol. The van der Waals surface area contributed by atoms with Crippen molar-refractivity contribution in [3.8, 4) is 0 Å². The van der Waals surface area contributed by atoms with Gasteiger partial charge in [0.2, 0.25) is 0 Å². The zero-order chi connectivity index (χ0) is 5.91. The summed E-state index contributed by atoms with van der Waals surface area (Å²) in [7, 11) is 0. The molecule has 0 bridgehead atoms. The second kappa shape index (κ2) is 3.11. The third kappa shape index (κ3) is 3.57. The van der Waals surface area contributed by atoms with E-state index in [2.05, 4.69) is 20.8 Å². The van der Waals surface area contributed by atoms with Crippen LogP contribution < -0.4 is 0 Å². The molecule has 0 radical (unpaired) electrons. The van der Waals surface area contributed by atoms with E-state index in [4.69, 9.17) is 0 Å². The van der Waals surface area contributed by atoms with Crippen molar-refractivity contribution in [2.75, 3.05) is 0 Å². The van der Waals surface area contributed by atoms with Gasteiger partial charge in [-0.25, -0.2) is 0 Å². The molecule has 0 heterocycles. The normalized spacial score (nSPS) is 12.1. The van der Waals surface area contributed by atoms with Crippen molar-refractivity contribution in [1.82, 2.24) is 0 Å². The molecule has 0 rings (SSSR count). The van der Waals surface area contributed by atoms with Crippen LogP contribution in [0.25, 0.3) is 0 Å². The van der Waals surface area contributed by atoms with E-state index >= 15 is 0 Å². The standard InChI is InChI=1S/C6H13.Na/c1-4-6(3)5-2;/h4-5H2,1-3H3;. The van der Waals surface area contributed by atoms with E-state index in [0.29, 0.717) is 0 Å². The van der Waals surface area contributed by atoms with Crippen molar-refractivity contribution < 1.29 is 0 Å². The molecular formula is C6H13Na. The number of hydrogen-bond donors (Lipinski definition) is 0. The summed E-state index contributed by atoms with van der Waals surface area (Å²) in [6.45, 7) is 6.91. The van der Waals surface area contributed by atoms with Crippen molar-refractivity contribution in [1.29, 1.82) is 0 Å². The van der Waals surface area contributed by atoms with Gasteiger partial charge >= 0.3 is 64.2 Å². The molecule has 1 heteroatoms. The molecule has 0 aromatic carbocycles. The third-order valence-electron chi connectivity index (χ3n) is 1.91. The van der Waals surface area contributed by atoms with E-state index < -0.39 is 0 Å². The van der Waals surface area contributed by atoms with Gasteiger partial charge in [-0.2, -0.15) is 0 Å². The predicted octanol–water partition coefficient (Wildman–Crippen LogP) is 2.15. The minimum absolute atomic E-state index is 0.722. The van der Waals surface area contributed by atoms with Gasteiger partial charge in [0.15, 0.2) is 0 Å². The van der Waals surface area contributed by atoms with E-state index in [0.717, 1.165) is 2.66 Å². The van der Waals surface area contributed by atoms with Crippen LogP contribution in [0, 0.1) is 0 Å². The molecule has 0 amide bonds. The summed E-state index contributed by atoms with van der Waals surface area (Å²) in [4.78, 5) is 0. The van der Waals surface area contributed by atoms with E-state index in [9.17, 15) is 0 Å². The van der Waals surface area contributed by atoms with Crippen LogP contribution in [0.1, 0.15) is 33.6 Å². The summed E-state index contributed by atoms with van der Waals surface area (Å²) in [5, 5.41) is 0. The summed E-state index contributed by atoms with van der Waals surface area (Å²) < 4.78 is 0.722. The molecule has 0 nitrogen and oxygen atoms in total. The Balaban J connectivity index is 3.36. The van der Waals surface area contributed by atoms with Gasteiger partial charge in [0.05, 0.1) is 0 Å². The fourth-order valence-electron chi connectivity index (χ4n) is 0.250. The Hall–Kier alpha value is 1.00. The second-order valence-electron chi connectivity index (χ2n) is 2.87. The molecule has 0 N–H and O–H groups in total. The van der Waals surface area contributed by atoms with Crippen molar-refractivity contribution in [2.24, 2.45) is 0 Å². The van der Waals surface area contributed by atoms with Crippen molar-refractivity contribution in [3.05, 3.63) is 0 Å². The topological polar surface area (TPSA) is 0 Å². The molecular weight excluding hydrogens is 95.1 g/mol. The number of hydrogen-bond acceptors (Lipinski definition) is 0. The maximum absolute atomic E-state index is 2.36. The molecule has 0 atom stereocenters. The Morgan fingerprint density at radius 1 is 1.29 bits per heavy atom. The summed E-state index contributed by atoms with van der Waals surface area (Å²) in [5.41, 5.74) is 0. The molecule has 0 saturated heterocycles. The first-order valence-electron chi connectivity index (χ1n) is 3.12. The molecule has 7 heavy (non-hydrogen) atoms. The fraction of sp³-hybridized carbons (Fsp3) is 1.00. The first-order valence-corrected chi connectivity index (χ1v) is 4.12. The molecule has 0 saturated carbocycles. The maximum atomic E-state index is 2.36. The molecule has 0 aromatic heterocycles. The zero-order valence-corrected chi connectivity index (χ0v) is 7.91. The molecule has 0 aliphatic rings. The Bertz CT molecular complexity index is 42.1. The molecule has 0 spiro atoms. The fourth-order valence-corrected chi connectivity index (χ4v) is 0.250. The van der Waals surface area contributed by atoms with E-state index in [1.165, 1.54) is 40.8 Å². The van der Waals surface area contributed by atoms with Gasteiger partial charge in [-0.15, -0.1) is 0 Å². The molecule has 0 unspecified atom stereocenters. The van der Waals surface area contributed by atoms with Gasteiger partial charge in [0.25, 0.3) is 0 Å². The first kappa shape index (κ1) is 8.00. The Kier molecular flexibility index (Phi) is 3.56. The Morgan fingerprint density at radius 3 is 1.57 bits per heavy atom. The summed E-state index contributed by atoms with van der Waals surface area (Å²) in [5.74, 6) is 0. The minimum atomic E-state index is 0.722. The van der Waals surface area contributed by atoms with Gasteiger partial charge < -0.3 is 0 Å². The van der Waals surface area contributed by atoms with E-state index in [1.807, 2.05) is 0 Å². The van der Waals surface area contributed by atoms with Crippen LogP contribution in [-0.4, -0.2) is 27.9 Å². The average molecular weight is 108 g/mol. The molecule has 0 aromatic rings. The quantitative estimate of drug-likeness (QED) is 0.475. The monoisotopic (exact) mass is 108 g/mol. The zero-order valence-electron chi connectivity index (χ0n) is 5.91. The van der Waals surface area contributed by atoms with Gasteiger partial charge in [0, 0.05) is 0 Å². The van der Waals surface area contributed by atoms with Crippen LogP contribution >= 0.6 is 0 Å². The van der Waals surface area contributed by atoms with Crippen molar-refractivity contribution >= 4 is 27.9 Å². The van der Waals surface area contributed by atoms with Crippen LogP contribution in [0.5, 0.6) is 0 Å². The first-order chi connectivity index (χ1) is 3.12. The van der Waals surface area contributed by atoms with Crippen LogP contribution in [0.15, 0.2) is 0 Å². The Labute approximate surface area is 64.1 Å². The molecule has 38 valence electrons. The SMILES string of the molecule is CC[C](C)([Na])CC. The summed E-state index contributed by atoms with van der Waals surface area (Å²) in [6.07, 6.45) is 2.71. The molecule has 0 aliphatic heterocycles. The second-order valence-corrected chi connectivity index (χ2v) is 5.29. The van der Waals surface area contributed by atoms with Crippen molar-refractivity contribution in [2.45, 2.75) is 36.3 Å². The average Bonchev–Trinajstić information content (AvgIpc) is 1.68. The Morgan fingerprint density at radius 2 is 1.57 bits per heavy atom.